The summed E-state index contributed by atoms with van der Waals surface area (Å²) in [6, 6.07) is 0. The van der Waals surface area contributed by atoms with Crippen LogP contribution in [0.3, 0.4) is 0 Å². The van der Waals surface area contributed by atoms with E-state index < -0.39 is 0 Å². The summed E-state index contributed by atoms with van der Waals surface area (Å²) in [7, 11) is 0. The van der Waals surface area contributed by atoms with Crippen LogP contribution in [0.4, 0.5) is 0 Å². The molecule has 0 radical (unpaired) electrons. The molecular formula is C8H14O3. The van der Waals surface area contributed by atoms with Gasteiger partial charge in [0.2, 0.25) is 0 Å². The molecule has 0 bridgehead atoms. The maximum absolute atomic E-state index is 10.9. The van der Waals surface area contributed by atoms with Crippen LogP contribution in [0.15, 0.2) is 0 Å². The van der Waals surface area contributed by atoms with E-state index in [0.717, 1.165) is 12.8 Å². The van der Waals surface area contributed by atoms with Gasteiger partial charge in [-0.3, -0.25) is 4.79 Å². The van der Waals surface area contributed by atoms with Crippen molar-refractivity contribution in [2.75, 3.05) is 6.61 Å². The SMILES string of the molecule is CCCC1CC(CO)C(=O)O1. The average molecular weight is 158 g/mol. The maximum atomic E-state index is 10.9. The molecule has 0 aromatic carbocycles. The zero-order valence-corrected chi connectivity index (χ0v) is 6.75. The smallest absolute Gasteiger partial charge is 0.311 e. The van der Waals surface area contributed by atoms with Gasteiger partial charge >= 0.3 is 5.97 Å². The van der Waals surface area contributed by atoms with Gasteiger partial charge in [0.05, 0.1) is 12.5 Å². The minimum atomic E-state index is -0.258. The molecule has 2 atom stereocenters. The van der Waals surface area contributed by atoms with Crippen LogP contribution >= 0.6 is 0 Å². The highest BCUT2D eigenvalue weighted by atomic mass is 16.6. The molecule has 64 valence electrons. The van der Waals surface area contributed by atoms with Crippen LogP contribution in [-0.4, -0.2) is 23.8 Å². The van der Waals surface area contributed by atoms with E-state index in [-0.39, 0.29) is 24.6 Å². The number of ether oxygens (including phenoxy) is 1. The standard InChI is InChI=1S/C8H14O3/c1-2-3-7-4-6(5-9)8(10)11-7/h6-7,9H,2-5H2,1H3. The van der Waals surface area contributed by atoms with Crippen molar-refractivity contribution in [2.24, 2.45) is 5.92 Å². The monoisotopic (exact) mass is 158 g/mol. The van der Waals surface area contributed by atoms with Crippen molar-refractivity contribution >= 4 is 5.97 Å². The fourth-order valence-electron chi connectivity index (χ4n) is 1.37. The molecule has 0 aromatic rings. The molecule has 1 aliphatic heterocycles. The summed E-state index contributed by atoms with van der Waals surface area (Å²) in [4.78, 5) is 10.9. The molecule has 0 amide bonds. The lowest BCUT2D eigenvalue weighted by Gasteiger charge is -2.04. The van der Waals surface area contributed by atoms with Crippen LogP contribution in [-0.2, 0) is 9.53 Å². The van der Waals surface area contributed by atoms with Crippen molar-refractivity contribution in [2.45, 2.75) is 32.3 Å². The third-order valence-corrected chi connectivity index (χ3v) is 1.99. The van der Waals surface area contributed by atoms with Crippen molar-refractivity contribution < 1.29 is 14.6 Å². The summed E-state index contributed by atoms with van der Waals surface area (Å²) < 4.78 is 5.01. The first kappa shape index (κ1) is 8.53. The van der Waals surface area contributed by atoms with E-state index in [1.54, 1.807) is 0 Å². The minimum absolute atomic E-state index is 0.0599. The molecule has 0 aliphatic carbocycles. The number of hydrogen-bond acceptors (Lipinski definition) is 3. The molecule has 0 aromatic heterocycles. The molecule has 2 unspecified atom stereocenters. The van der Waals surface area contributed by atoms with E-state index in [1.165, 1.54) is 0 Å². The molecule has 0 saturated carbocycles. The number of aliphatic hydroxyl groups is 1. The number of carbonyl (C=O) groups is 1. The molecule has 1 N–H and O–H groups in total. The molecule has 11 heavy (non-hydrogen) atoms. The minimum Gasteiger partial charge on any atom is -0.462 e. The quantitative estimate of drug-likeness (QED) is 0.615. The van der Waals surface area contributed by atoms with Crippen LogP contribution in [0.1, 0.15) is 26.2 Å². The highest BCUT2D eigenvalue weighted by molar-refractivity contribution is 5.74. The normalized spacial score (nSPS) is 30.5. The number of carbonyl (C=O) groups excluding carboxylic acids is 1. The van der Waals surface area contributed by atoms with E-state index in [2.05, 4.69) is 6.92 Å². The first-order chi connectivity index (χ1) is 5.27. The zero-order chi connectivity index (χ0) is 8.27. The van der Waals surface area contributed by atoms with Gasteiger partial charge in [0.15, 0.2) is 0 Å². The lowest BCUT2D eigenvalue weighted by atomic mass is 10.0. The van der Waals surface area contributed by atoms with Gasteiger partial charge in [-0.15, -0.1) is 0 Å². The number of hydrogen-bond donors (Lipinski definition) is 1. The van der Waals surface area contributed by atoms with E-state index >= 15 is 0 Å². The van der Waals surface area contributed by atoms with Crippen molar-refractivity contribution in [3.63, 3.8) is 0 Å². The Hall–Kier alpha value is -0.570. The molecule has 1 aliphatic rings. The predicted molar refractivity (Wildman–Crippen MR) is 40.0 cm³/mol. The lowest BCUT2D eigenvalue weighted by molar-refractivity contribution is -0.145. The van der Waals surface area contributed by atoms with Crippen molar-refractivity contribution in [1.82, 2.24) is 0 Å². The molecule has 1 rings (SSSR count). The van der Waals surface area contributed by atoms with Gasteiger partial charge < -0.3 is 9.84 Å². The van der Waals surface area contributed by atoms with Crippen LogP contribution in [0.2, 0.25) is 0 Å². The zero-order valence-electron chi connectivity index (χ0n) is 6.75. The molecule has 1 fully saturated rings. The van der Waals surface area contributed by atoms with Gasteiger partial charge in [-0.1, -0.05) is 13.3 Å². The Bertz CT molecular complexity index is 144. The van der Waals surface area contributed by atoms with Gasteiger partial charge in [0.1, 0.15) is 6.10 Å². The first-order valence-electron chi connectivity index (χ1n) is 4.09. The third-order valence-electron chi connectivity index (χ3n) is 1.99. The number of rotatable bonds is 3. The highest BCUT2D eigenvalue weighted by Gasteiger charge is 2.32. The predicted octanol–water partition coefficient (Wildman–Crippen LogP) is 0.710. The summed E-state index contributed by atoms with van der Waals surface area (Å²) >= 11 is 0. The van der Waals surface area contributed by atoms with E-state index in [4.69, 9.17) is 9.84 Å². The fraction of sp³-hybridized carbons (Fsp3) is 0.875. The Morgan fingerprint density at radius 1 is 1.73 bits per heavy atom. The van der Waals surface area contributed by atoms with Crippen molar-refractivity contribution in [3.05, 3.63) is 0 Å². The number of aliphatic hydroxyl groups excluding tert-OH is 1. The second kappa shape index (κ2) is 3.72. The van der Waals surface area contributed by atoms with E-state index in [0.29, 0.717) is 6.42 Å². The number of cyclic esters (lactones) is 1. The Morgan fingerprint density at radius 2 is 2.45 bits per heavy atom. The van der Waals surface area contributed by atoms with Crippen LogP contribution in [0.25, 0.3) is 0 Å². The lowest BCUT2D eigenvalue weighted by Crippen LogP contribution is -2.11. The second-order valence-corrected chi connectivity index (χ2v) is 2.96. The summed E-state index contributed by atoms with van der Waals surface area (Å²) in [5, 5.41) is 8.72. The Morgan fingerprint density at radius 3 is 2.91 bits per heavy atom. The topological polar surface area (TPSA) is 46.5 Å². The Kier molecular flexibility index (Phi) is 2.88. The van der Waals surface area contributed by atoms with E-state index in [9.17, 15) is 4.79 Å². The first-order valence-corrected chi connectivity index (χ1v) is 4.09. The fourth-order valence-corrected chi connectivity index (χ4v) is 1.37. The number of esters is 1. The molecule has 3 heteroatoms. The molecule has 0 spiro atoms. The summed E-state index contributed by atoms with van der Waals surface area (Å²) in [5.41, 5.74) is 0. The van der Waals surface area contributed by atoms with Crippen molar-refractivity contribution in [3.8, 4) is 0 Å². The maximum Gasteiger partial charge on any atom is 0.311 e. The van der Waals surface area contributed by atoms with Gasteiger partial charge in [-0.05, 0) is 12.8 Å². The second-order valence-electron chi connectivity index (χ2n) is 2.96. The van der Waals surface area contributed by atoms with Crippen LogP contribution in [0, 0.1) is 5.92 Å². The molecule has 1 heterocycles. The summed E-state index contributed by atoms with van der Waals surface area (Å²) in [6.45, 7) is 1.99. The Balaban J connectivity index is 2.36. The summed E-state index contributed by atoms with van der Waals surface area (Å²) in [6.07, 6.45) is 2.70. The van der Waals surface area contributed by atoms with Gasteiger partial charge in [0, 0.05) is 0 Å². The van der Waals surface area contributed by atoms with Gasteiger partial charge in [-0.2, -0.15) is 0 Å². The van der Waals surface area contributed by atoms with Gasteiger partial charge in [0.25, 0.3) is 0 Å². The van der Waals surface area contributed by atoms with E-state index in [1.807, 2.05) is 0 Å². The third kappa shape index (κ3) is 1.93. The molecule has 1 saturated heterocycles. The van der Waals surface area contributed by atoms with Gasteiger partial charge in [-0.25, -0.2) is 0 Å². The Labute approximate surface area is 66.4 Å². The average Bonchev–Trinajstić information content (AvgIpc) is 2.32. The largest absolute Gasteiger partial charge is 0.462 e. The van der Waals surface area contributed by atoms with Crippen molar-refractivity contribution in [1.29, 1.82) is 0 Å². The van der Waals surface area contributed by atoms with Crippen LogP contribution < -0.4 is 0 Å². The van der Waals surface area contributed by atoms with Crippen LogP contribution in [0.5, 0.6) is 0 Å². The molecule has 3 nitrogen and oxygen atoms in total. The highest BCUT2D eigenvalue weighted by Crippen LogP contribution is 2.23. The summed E-state index contributed by atoms with van der Waals surface area (Å²) in [5.74, 6) is -0.488. The molecular weight excluding hydrogens is 144 g/mol.